The average molecular weight is 291 g/mol. The van der Waals surface area contributed by atoms with E-state index in [9.17, 15) is 4.79 Å². The number of morpholine rings is 1. The molecule has 3 rings (SSSR count). The van der Waals surface area contributed by atoms with Crippen LogP contribution in [-0.2, 0) is 9.53 Å². The second-order valence-corrected chi connectivity index (χ2v) is 5.31. The van der Waals surface area contributed by atoms with E-state index in [4.69, 9.17) is 4.74 Å². The summed E-state index contributed by atoms with van der Waals surface area (Å²) in [5.74, 6) is 0.986. The highest BCUT2D eigenvalue weighted by Gasteiger charge is 2.23. The second-order valence-electron chi connectivity index (χ2n) is 5.31. The molecule has 0 atom stereocenters. The van der Waals surface area contributed by atoms with Gasteiger partial charge in [-0.05, 0) is 6.07 Å². The average Bonchev–Trinajstić information content (AvgIpc) is 2.57. The summed E-state index contributed by atoms with van der Waals surface area (Å²) >= 11 is 0. The zero-order chi connectivity index (χ0) is 14.5. The molecule has 0 radical (unpaired) electrons. The third-order valence-electron chi connectivity index (χ3n) is 3.93. The molecule has 2 fully saturated rings. The highest BCUT2D eigenvalue weighted by atomic mass is 16.5. The van der Waals surface area contributed by atoms with Crippen LogP contribution in [0.5, 0.6) is 0 Å². The van der Waals surface area contributed by atoms with Crippen molar-refractivity contribution in [3.05, 3.63) is 18.5 Å². The minimum Gasteiger partial charge on any atom is -0.378 e. The van der Waals surface area contributed by atoms with E-state index in [0.29, 0.717) is 19.8 Å². The maximum absolute atomic E-state index is 12.2. The van der Waals surface area contributed by atoms with E-state index in [2.05, 4.69) is 19.8 Å². The molecule has 21 heavy (non-hydrogen) atoms. The largest absolute Gasteiger partial charge is 0.378 e. The van der Waals surface area contributed by atoms with E-state index >= 15 is 0 Å². The van der Waals surface area contributed by atoms with E-state index in [1.54, 1.807) is 12.4 Å². The Morgan fingerprint density at radius 2 is 1.71 bits per heavy atom. The van der Waals surface area contributed by atoms with Gasteiger partial charge in [0.25, 0.3) is 0 Å². The van der Waals surface area contributed by atoms with Crippen LogP contribution < -0.4 is 4.90 Å². The van der Waals surface area contributed by atoms with Crippen LogP contribution in [0.1, 0.15) is 0 Å². The first-order chi connectivity index (χ1) is 10.3. The van der Waals surface area contributed by atoms with Crippen LogP contribution in [0.2, 0.25) is 0 Å². The van der Waals surface area contributed by atoms with Gasteiger partial charge in [-0.3, -0.25) is 9.69 Å². The smallest absolute Gasteiger partial charge is 0.236 e. The maximum atomic E-state index is 12.2. The van der Waals surface area contributed by atoms with Crippen LogP contribution in [0.25, 0.3) is 0 Å². The molecule has 0 aliphatic carbocycles. The zero-order valence-electron chi connectivity index (χ0n) is 12.1. The van der Waals surface area contributed by atoms with Gasteiger partial charge >= 0.3 is 0 Å². The third-order valence-corrected chi connectivity index (χ3v) is 3.93. The van der Waals surface area contributed by atoms with Gasteiger partial charge in [0.2, 0.25) is 11.9 Å². The van der Waals surface area contributed by atoms with Crippen molar-refractivity contribution in [3.8, 4) is 0 Å². The van der Waals surface area contributed by atoms with Crippen LogP contribution in [0, 0.1) is 0 Å². The number of carbonyl (C=O) groups is 1. The fourth-order valence-electron chi connectivity index (χ4n) is 2.66. The summed E-state index contributed by atoms with van der Waals surface area (Å²) in [4.78, 5) is 27.0. The molecule has 114 valence electrons. The van der Waals surface area contributed by atoms with Gasteiger partial charge in [-0.2, -0.15) is 0 Å². The first-order valence-electron chi connectivity index (χ1n) is 7.43. The first-order valence-corrected chi connectivity index (χ1v) is 7.43. The topological polar surface area (TPSA) is 61.8 Å². The summed E-state index contributed by atoms with van der Waals surface area (Å²) in [6, 6.07) is 1.82. The standard InChI is InChI=1S/C14H21N5O2/c20-13(18-8-10-21-11-9-18)12-17-4-6-19(7-5-17)14-15-2-1-3-16-14/h1-3H,4-12H2. The van der Waals surface area contributed by atoms with Gasteiger partial charge in [0.15, 0.2) is 0 Å². The Labute approximate surface area is 124 Å². The van der Waals surface area contributed by atoms with Crippen molar-refractivity contribution < 1.29 is 9.53 Å². The van der Waals surface area contributed by atoms with Gasteiger partial charge in [0.1, 0.15) is 0 Å². The summed E-state index contributed by atoms with van der Waals surface area (Å²) in [6.45, 7) is 6.72. The monoisotopic (exact) mass is 291 g/mol. The molecule has 1 aromatic heterocycles. The highest BCUT2D eigenvalue weighted by molar-refractivity contribution is 5.78. The fraction of sp³-hybridized carbons (Fsp3) is 0.643. The minimum atomic E-state index is 0.211. The summed E-state index contributed by atoms with van der Waals surface area (Å²) in [7, 11) is 0. The molecule has 2 saturated heterocycles. The summed E-state index contributed by atoms with van der Waals surface area (Å²) < 4.78 is 5.27. The van der Waals surface area contributed by atoms with Gasteiger partial charge < -0.3 is 14.5 Å². The number of anilines is 1. The van der Waals surface area contributed by atoms with Crippen molar-refractivity contribution in [2.45, 2.75) is 0 Å². The van der Waals surface area contributed by atoms with Gasteiger partial charge in [0.05, 0.1) is 19.8 Å². The number of rotatable bonds is 3. The molecular weight excluding hydrogens is 270 g/mol. The first kappa shape index (κ1) is 14.2. The van der Waals surface area contributed by atoms with Gasteiger partial charge in [-0.25, -0.2) is 9.97 Å². The lowest BCUT2D eigenvalue weighted by Gasteiger charge is -2.35. The molecule has 7 heteroatoms. The quantitative estimate of drug-likeness (QED) is 0.745. The Kier molecular flexibility index (Phi) is 4.62. The van der Waals surface area contributed by atoms with E-state index in [0.717, 1.165) is 45.2 Å². The molecule has 1 amide bonds. The molecule has 0 N–H and O–H groups in total. The zero-order valence-corrected chi connectivity index (χ0v) is 12.1. The summed E-state index contributed by atoms with van der Waals surface area (Å²) in [6.07, 6.45) is 3.52. The number of nitrogens with zero attached hydrogens (tertiary/aromatic N) is 5. The molecule has 1 aromatic rings. The van der Waals surface area contributed by atoms with E-state index in [1.807, 2.05) is 11.0 Å². The van der Waals surface area contributed by atoms with Gasteiger partial charge in [-0.15, -0.1) is 0 Å². The molecule has 0 spiro atoms. The number of carbonyl (C=O) groups excluding carboxylic acids is 1. The number of hydrogen-bond acceptors (Lipinski definition) is 6. The molecule has 2 aliphatic rings. The number of aromatic nitrogens is 2. The fourth-order valence-corrected chi connectivity index (χ4v) is 2.66. The Morgan fingerprint density at radius 1 is 1.05 bits per heavy atom. The lowest BCUT2D eigenvalue weighted by molar-refractivity contribution is -0.136. The molecule has 3 heterocycles. The molecule has 0 saturated carbocycles. The van der Waals surface area contributed by atoms with Crippen LogP contribution in [0.15, 0.2) is 18.5 Å². The summed E-state index contributed by atoms with van der Waals surface area (Å²) in [5.41, 5.74) is 0. The van der Waals surface area contributed by atoms with Crippen molar-refractivity contribution in [1.29, 1.82) is 0 Å². The minimum absolute atomic E-state index is 0.211. The summed E-state index contributed by atoms with van der Waals surface area (Å²) in [5, 5.41) is 0. The Balaban J connectivity index is 1.46. The Bertz CT molecular complexity index is 456. The Morgan fingerprint density at radius 3 is 2.38 bits per heavy atom. The second kappa shape index (κ2) is 6.82. The van der Waals surface area contributed by atoms with Crippen LogP contribution in [0.4, 0.5) is 5.95 Å². The Hall–Kier alpha value is -1.73. The highest BCUT2D eigenvalue weighted by Crippen LogP contribution is 2.10. The lowest BCUT2D eigenvalue weighted by Crippen LogP contribution is -2.51. The van der Waals surface area contributed by atoms with Crippen LogP contribution >= 0.6 is 0 Å². The number of amides is 1. The number of piperazine rings is 1. The molecule has 7 nitrogen and oxygen atoms in total. The van der Waals surface area contributed by atoms with Crippen molar-refractivity contribution in [1.82, 2.24) is 19.8 Å². The van der Waals surface area contributed by atoms with Crippen molar-refractivity contribution >= 4 is 11.9 Å². The van der Waals surface area contributed by atoms with Crippen molar-refractivity contribution in [2.24, 2.45) is 0 Å². The normalized spacial score (nSPS) is 20.6. The van der Waals surface area contributed by atoms with E-state index in [1.165, 1.54) is 0 Å². The van der Waals surface area contributed by atoms with E-state index in [-0.39, 0.29) is 5.91 Å². The predicted octanol–water partition coefficient (Wildman–Crippen LogP) is -0.543. The van der Waals surface area contributed by atoms with Gasteiger partial charge in [0, 0.05) is 51.7 Å². The molecular formula is C14H21N5O2. The van der Waals surface area contributed by atoms with Gasteiger partial charge in [-0.1, -0.05) is 0 Å². The van der Waals surface area contributed by atoms with E-state index < -0.39 is 0 Å². The SMILES string of the molecule is O=C(CN1CCN(c2ncccn2)CC1)N1CCOCC1. The van der Waals surface area contributed by atoms with Crippen LogP contribution in [-0.4, -0.2) is 84.7 Å². The van der Waals surface area contributed by atoms with Crippen molar-refractivity contribution in [3.63, 3.8) is 0 Å². The third kappa shape index (κ3) is 3.68. The molecule has 0 bridgehead atoms. The maximum Gasteiger partial charge on any atom is 0.236 e. The predicted molar refractivity (Wildman–Crippen MR) is 78.1 cm³/mol. The molecule has 0 aromatic carbocycles. The lowest BCUT2D eigenvalue weighted by atomic mass is 10.3. The number of hydrogen-bond donors (Lipinski definition) is 0. The molecule has 0 unspecified atom stereocenters. The van der Waals surface area contributed by atoms with Crippen LogP contribution in [0.3, 0.4) is 0 Å². The molecule has 2 aliphatic heterocycles. The van der Waals surface area contributed by atoms with Crippen molar-refractivity contribution in [2.75, 3.05) is 63.9 Å². The number of ether oxygens (including phenoxy) is 1.